The summed E-state index contributed by atoms with van der Waals surface area (Å²) in [5, 5.41) is 4.38. The maximum Gasteiger partial charge on any atom is 0.0538 e. The van der Waals surface area contributed by atoms with Gasteiger partial charge in [-0.2, -0.15) is 5.10 Å². The molecule has 18 heavy (non-hydrogen) atoms. The van der Waals surface area contributed by atoms with E-state index in [4.69, 9.17) is 5.73 Å². The van der Waals surface area contributed by atoms with Crippen LogP contribution in [-0.4, -0.2) is 33.8 Å². The molecule has 102 valence electrons. The number of hydrogen-bond donors (Lipinski definition) is 1. The molecule has 4 nitrogen and oxygen atoms in total. The van der Waals surface area contributed by atoms with E-state index in [1.165, 1.54) is 24.9 Å². The summed E-state index contributed by atoms with van der Waals surface area (Å²) < 4.78 is 1.98. The topological polar surface area (TPSA) is 47.1 Å². The summed E-state index contributed by atoms with van der Waals surface area (Å²) in [4.78, 5) is 2.58. The Morgan fingerprint density at radius 2 is 2.28 bits per heavy atom. The van der Waals surface area contributed by atoms with Crippen molar-refractivity contribution in [3.05, 3.63) is 18.0 Å². The van der Waals surface area contributed by atoms with E-state index in [1.54, 1.807) is 0 Å². The summed E-state index contributed by atoms with van der Waals surface area (Å²) in [6, 6.07) is 1.00. The molecule has 1 aromatic rings. The number of likely N-dealkylation sites (tertiary alicyclic amines) is 1. The lowest BCUT2D eigenvalue weighted by Crippen LogP contribution is -2.39. The second-order valence-corrected chi connectivity index (χ2v) is 5.57. The van der Waals surface area contributed by atoms with Crippen LogP contribution in [0.25, 0.3) is 0 Å². The average Bonchev–Trinajstić information content (AvgIpc) is 2.98. The molecule has 0 saturated carbocycles. The van der Waals surface area contributed by atoms with Crippen LogP contribution in [0.5, 0.6) is 0 Å². The van der Waals surface area contributed by atoms with Gasteiger partial charge in [-0.3, -0.25) is 9.58 Å². The molecule has 2 N–H and O–H groups in total. The minimum atomic E-state index is 0.334. The number of nitrogens with zero attached hydrogens (tertiary/aromatic N) is 3. The van der Waals surface area contributed by atoms with Crippen LogP contribution >= 0.6 is 0 Å². The van der Waals surface area contributed by atoms with Gasteiger partial charge in [0.05, 0.1) is 12.2 Å². The molecule has 0 spiro atoms. The molecule has 0 amide bonds. The monoisotopic (exact) mass is 250 g/mol. The van der Waals surface area contributed by atoms with E-state index < -0.39 is 0 Å². The molecule has 1 saturated heterocycles. The summed E-state index contributed by atoms with van der Waals surface area (Å²) in [6.07, 6.45) is 6.72. The predicted octanol–water partition coefficient (Wildman–Crippen LogP) is 2.02. The van der Waals surface area contributed by atoms with Gasteiger partial charge in [0.2, 0.25) is 0 Å². The molecule has 2 rings (SSSR count). The lowest BCUT2D eigenvalue weighted by molar-refractivity contribution is 0.149. The van der Waals surface area contributed by atoms with Crippen molar-refractivity contribution < 1.29 is 0 Å². The van der Waals surface area contributed by atoms with Crippen molar-refractivity contribution in [2.75, 3.05) is 13.1 Å². The van der Waals surface area contributed by atoms with Gasteiger partial charge in [-0.05, 0) is 32.2 Å². The number of hydrogen-bond acceptors (Lipinski definition) is 3. The zero-order chi connectivity index (χ0) is 13.1. The summed E-state index contributed by atoms with van der Waals surface area (Å²) in [7, 11) is 0. The molecule has 1 aliphatic heterocycles. The van der Waals surface area contributed by atoms with E-state index in [1.807, 2.05) is 10.9 Å². The van der Waals surface area contributed by atoms with E-state index in [9.17, 15) is 0 Å². The molecule has 0 aliphatic carbocycles. The highest BCUT2D eigenvalue weighted by Crippen LogP contribution is 2.32. The number of aromatic nitrogens is 2. The minimum Gasteiger partial charge on any atom is -0.329 e. The minimum absolute atomic E-state index is 0.334. The van der Waals surface area contributed by atoms with Crippen molar-refractivity contribution in [3.63, 3.8) is 0 Å². The van der Waals surface area contributed by atoms with E-state index in [-0.39, 0.29) is 0 Å². The molecule has 1 fully saturated rings. The summed E-state index contributed by atoms with van der Waals surface area (Å²) in [5.41, 5.74) is 7.29. The fraction of sp³-hybridized carbons (Fsp3) is 0.786. The first-order chi connectivity index (χ1) is 8.67. The molecular weight excluding hydrogens is 224 g/mol. The summed E-state index contributed by atoms with van der Waals surface area (Å²) >= 11 is 0. The fourth-order valence-corrected chi connectivity index (χ4v) is 3.11. The first kappa shape index (κ1) is 13.6. The van der Waals surface area contributed by atoms with Crippen LogP contribution in [0.3, 0.4) is 0 Å². The van der Waals surface area contributed by atoms with Crippen LogP contribution in [0.4, 0.5) is 0 Å². The molecule has 2 heterocycles. The van der Waals surface area contributed by atoms with E-state index in [2.05, 4.69) is 37.0 Å². The van der Waals surface area contributed by atoms with Crippen molar-refractivity contribution in [2.45, 2.75) is 52.2 Å². The van der Waals surface area contributed by atoms with Gasteiger partial charge in [-0.25, -0.2) is 0 Å². The van der Waals surface area contributed by atoms with Crippen LogP contribution in [0.15, 0.2) is 12.4 Å². The standard InChI is InChI=1S/C14H26N4/c1-4-17-10-12(9-16-17)14(8-15)18-7-5-6-13(18)11(2)3/h9-11,13-14H,4-8,15H2,1-3H3. The van der Waals surface area contributed by atoms with Crippen LogP contribution in [0, 0.1) is 5.92 Å². The van der Waals surface area contributed by atoms with Crippen molar-refractivity contribution in [1.29, 1.82) is 0 Å². The number of rotatable bonds is 5. The first-order valence-corrected chi connectivity index (χ1v) is 7.15. The van der Waals surface area contributed by atoms with Crippen molar-refractivity contribution in [2.24, 2.45) is 11.7 Å². The molecule has 2 atom stereocenters. The normalized spacial score (nSPS) is 22.8. The fourth-order valence-electron chi connectivity index (χ4n) is 3.11. The highest BCUT2D eigenvalue weighted by atomic mass is 15.3. The molecular formula is C14H26N4. The van der Waals surface area contributed by atoms with Crippen LogP contribution < -0.4 is 5.73 Å². The zero-order valence-electron chi connectivity index (χ0n) is 11.8. The van der Waals surface area contributed by atoms with Gasteiger partial charge in [0.1, 0.15) is 0 Å². The van der Waals surface area contributed by atoms with Crippen molar-refractivity contribution in [3.8, 4) is 0 Å². The Morgan fingerprint density at radius 1 is 1.50 bits per heavy atom. The SMILES string of the molecule is CCn1cc(C(CN)N2CCCC2C(C)C)cn1. The predicted molar refractivity (Wildman–Crippen MR) is 74.3 cm³/mol. The molecule has 4 heteroatoms. The van der Waals surface area contributed by atoms with Gasteiger partial charge in [0, 0.05) is 30.9 Å². The van der Waals surface area contributed by atoms with Gasteiger partial charge >= 0.3 is 0 Å². The lowest BCUT2D eigenvalue weighted by Gasteiger charge is -2.34. The van der Waals surface area contributed by atoms with Crippen molar-refractivity contribution in [1.82, 2.24) is 14.7 Å². The van der Waals surface area contributed by atoms with Gasteiger partial charge in [0.25, 0.3) is 0 Å². The van der Waals surface area contributed by atoms with Crippen molar-refractivity contribution >= 4 is 0 Å². The molecule has 2 unspecified atom stereocenters. The third-order valence-electron chi connectivity index (χ3n) is 4.10. The Balaban J connectivity index is 2.17. The second kappa shape index (κ2) is 5.85. The number of nitrogens with two attached hydrogens (primary N) is 1. The van der Waals surface area contributed by atoms with Gasteiger partial charge in [-0.1, -0.05) is 13.8 Å². The third kappa shape index (κ3) is 2.59. The molecule has 1 aliphatic rings. The van der Waals surface area contributed by atoms with Crippen LogP contribution in [0.2, 0.25) is 0 Å². The highest BCUT2D eigenvalue weighted by Gasteiger charge is 2.33. The summed E-state index contributed by atoms with van der Waals surface area (Å²) in [5.74, 6) is 0.697. The average molecular weight is 250 g/mol. The van der Waals surface area contributed by atoms with E-state index in [0.717, 1.165) is 6.54 Å². The largest absolute Gasteiger partial charge is 0.329 e. The molecule has 0 aromatic carbocycles. The Labute approximate surface area is 110 Å². The maximum atomic E-state index is 6.02. The van der Waals surface area contributed by atoms with Gasteiger partial charge < -0.3 is 5.73 Å². The lowest BCUT2D eigenvalue weighted by atomic mass is 9.99. The molecule has 0 bridgehead atoms. The zero-order valence-corrected chi connectivity index (χ0v) is 11.8. The van der Waals surface area contributed by atoms with Gasteiger partial charge in [0.15, 0.2) is 0 Å². The number of aryl methyl sites for hydroxylation is 1. The summed E-state index contributed by atoms with van der Waals surface area (Å²) in [6.45, 7) is 9.50. The van der Waals surface area contributed by atoms with Crippen LogP contribution in [-0.2, 0) is 6.54 Å². The molecule has 1 aromatic heterocycles. The highest BCUT2D eigenvalue weighted by molar-refractivity contribution is 5.12. The Hall–Kier alpha value is -0.870. The van der Waals surface area contributed by atoms with E-state index in [0.29, 0.717) is 24.5 Å². The van der Waals surface area contributed by atoms with Gasteiger partial charge in [-0.15, -0.1) is 0 Å². The van der Waals surface area contributed by atoms with Crippen LogP contribution in [0.1, 0.15) is 45.2 Å². The first-order valence-electron chi connectivity index (χ1n) is 7.15. The Bertz CT molecular complexity index is 372. The Kier molecular flexibility index (Phi) is 4.40. The second-order valence-electron chi connectivity index (χ2n) is 5.57. The maximum absolute atomic E-state index is 6.02. The quantitative estimate of drug-likeness (QED) is 0.869. The smallest absolute Gasteiger partial charge is 0.0538 e. The Morgan fingerprint density at radius 3 is 2.83 bits per heavy atom. The third-order valence-corrected chi connectivity index (χ3v) is 4.10. The molecule has 0 radical (unpaired) electrons. The van der Waals surface area contributed by atoms with E-state index >= 15 is 0 Å².